The highest BCUT2D eigenvalue weighted by Gasteiger charge is 2.17. The van der Waals surface area contributed by atoms with Gasteiger partial charge in [0.25, 0.3) is 0 Å². The zero-order valence-electron chi connectivity index (χ0n) is 8.20. The molecule has 72 valence electrons. The van der Waals surface area contributed by atoms with Crippen molar-refractivity contribution in [2.75, 3.05) is 24.5 Å². The van der Waals surface area contributed by atoms with Crippen molar-refractivity contribution < 1.29 is 0 Å². The van der Waals surface area contributed by atoms with Crippen LogP contribution in [0.1, 0.15) is 6.92 Å². The SMILES string of the molecule is C[C@H]1CN(c2ccnn2C)CCN1. The van der Waals surface area contributed by atoms with Crippen LogP contribution in [-0.2, 0) is 7.05 Å². The number of piperazine rings is 1. The second-order valence-corrected chi connectivity index (χ2v) is 3.61. The Kier molecular flexibility index (Phi) is 2.22. The summed E-state index contributed by atoms with van der Waals surface area (Å²) in [7, 11) is 1.99. The Morgan fingerprint density at radius 2 is 2.46 bits per heavy atom. The van der Waals surface area contributed by atoms with Crippen LogP contribution in [0.5, 0.6) is 0 Å². The molecule has 1 N–H and O–H groups in total. The van der Waals surface area contributed by atoms with Crippen LogP contribution in [0.15, 0.2) is 12.3 Å². The average Bonchev–Trinajstić information content (AvgIpc) is 2.51. The minimum atomic E-state index is 0.573. The maximum absolute atomic E-state index is 4.17. The van der Waals surface area contributed by atoms with Crippen molar-refractivity contribution in [3.63, 3.8) is 0 Å². The van der Waals surface area contributed by atoms with Gasteiger partial charge in [0.1, 0.15) is 5.82 Å². The van der Waals surface area contributed by atoms with Crippen LogP contribution >= 0.6 is 0 Å². The second-order valence-electron chi connectivity index (χ2n) is 3.61. The summed E-state index contributed by atoms with van der Waals surface area (Å²) in [5.41, 5.74) is 0. The van der Waals surface area contributed by atoms with Crippen molar-refractivity contribution in [1.29, 1.82) is 0 Å². The first kappa shape index (κ1) is 8.56. The van der Waals surface area contributed by atoms with E-state index in [1.807, 2.05) is 17.9 Å². The molecule has 1 aliphatic rings. The minimum Gasteiger partial charge on any atom is -0.354 e. The van der Waals surface area contributed by atoms with Crippen LogP contribution in [0.3, 0.4) is 0 Å². The molecule has 0 saturated carbocycles. The summed E-state index contributed by atoms with van der Waals surface area (Å²) in [4.78, 5) is 2.37. The Hall–Kier alpha value is -1.03. The number of aryl methyl sites for hydroxylation is 1. The molecular formula is C9H16N4. The van der Waals surface area contributed by atoms with Gasteiger partial charge in [0.2, 0.25) is 0 Å². The number of nitrogens with one attached hydrogen (secondary N) is 1. The fraction of sp³-hybridized carbons (Fsp3) is 0.667. The molecule has 1 aromatic rings. The summed E-state index contributed by atoms with van der Waals surface area (Å²) in [5, 5.41) is 7.59. The van der Waals surface area contributed by atoms with E-state index in [4.69, 9.17) is 0 Å². The van der Waals surface area contributed by atoms with Crippen molar-refractivity contribution in [2.45, 2.75) is 13.0 Å². The van der Waals surface area contributed by atoms with Crippen molar-refractivity contribution in [3.05, 3.63) is 12.3 Å². The monoisotopic (exact) mass is 180 g/mol. The molecule has 1 saturated heterocycles. The van der Waals surface area contributed by atoms with E-state index in [0.29, 0.717) is 6.04 Å². The lowest BCUT2D eigenvalue weighted by atomic mass is 10.2. The highest BCUT2D eigenvalue weighted by molar-refractivity contribution is 5.38. The number of hydrogen-bond donors (Lipinski definition) is 1. The Morgan fingerprint density at radius 1 is 1.62 bits per heavy atom. The topological polar surface area (TPSA) is 33.1 Å². The number of aromatic nitrogens is 2. The fourth-order valence-electron chi connectivity index (χ4n) is 1.82. The van der Waals surface area contributed by atoms with Crippen LogP contribution in [0.4, 0.5) is 5.82 Å². The molecular weight excluding hydrogens is 164 g/mol. The molecule has 1 aromatic heterocycles. The second kappa shape index (κ2) is 3.38. The van der Waals surface area contributed by atoms with Gasteiger partial charge in [-0.25, -0.2) is 0 Å². The predicted octanol–water partition coefficient (Wildman–Crippen LogP) is 0.218. The van der Waals surface area contributed by atoms with Crippen molar-refractivity contribution in [2.24, 2.45) is 7.05 Å². The third-order valence-corrected chi connectivity index (χ3v) is 2.49. The van der Waals surface area contributed by atoms with Gasteiger partial charge in [-0.15, -0.1) is 0 Å². The van der Waals surface area contributed by atoms with E-state index < -0.39 is 0 Å². The zero-order valence-corrected chi connectivity index (χ0v) is 8.20. The quantitative estimate of drug-likeness (QED) is 0.671. The lowest BCUT2D eigenvalue weighted by Gasteiger charge is -2.33. The van der Waals surface area contributed by atoms with Gasteiger partial charge in [-0.1, -0.05) is 0 Å². The van der Waals surface area contributed by atoms with E-state index in [-0.39, 0.29) is 0 Å². The largest absolute Gasteiger partial charge is 0.354 e. The van der Waals surface area contributed by atoms with Crippen LogP contribution in [0, 0.1) is 0 Å². The van der Waals surface area contributed by atoms with Gasteiger partial charge < -0.3 is 10.2 Å². The summed E-state index contributed by atoms with van der Waals surface area (Å²) in [6, 6.07) is 2.64. The Morgan fingerprint density at radius 3 is 3.08 bits per heavy atom. The molecule has 0 spiro atoms. The molecule has 4 heteroatoms. The molecule has 13 heavy (non-hydrogen) atoms. The maximum Gasteiger partial charge on any atom is 0.126 e. The smallest absolute Gasteiger partial charge is 0.126 e. The maximum atomic E-state index is 4.17. The van der Waals surface area contributed by atoms with E-state index in [1.165, 1.54) is 5.82 Å². The molecule has 2 rings (SSSR count). The van der Waals surface area contributed by atoms with E-state index in [9.17, 15) is 0 Å². The number of nitrogens with zero attached hydrogens (tertiary/aromatic N) is 3. The van der Waals surface area contributed by atoms with Crippen LogP contribution < -0.4 is 10.2 Å². The Bertz CT molecular complexity index is 281. The van der Waals surface area contributed by atoms with Crippen LogP contribution in [0.2, 0.25) is 0 Å². The number of rotatable bonds is 1. The van der Waals surface area contributed by atoms with Crippen LogP contribution in [0.25, 0.3) is 0 Å². The third-order valence-electron chi connectivity index (χ3n) is 2.49. The normalized spacial score (nSPS) is 23.5. The van der Waals surface area contributed by atoms with Crippen LogP contribution in [-0.4, -0.2) is 35.5 Å². The van der Waals surface area contributed by atoms with Gasteiger partial charge in [-0.2, -0.15) is 5.10 Å². The molecule has 2 heterocycles. The predicted molar refractivity (Wildman–Crippen MR) is 52.9 cm³/mol. The van der Waals surface area contributed by atoms with Gasteiger partial charge in [-0.05, 0) is 6.92 Å². The first-order valence-electron chi connectivity index (χ1n) is 4.73. The lowest BCUT2D eigenvalue weighted by Crippen LogP contribution is -2.49. The van der Waals surface area contributed by atoms with E-state index in [1.54, 1.807) is 0 Å². The molecule has 0 aromatic carbocycles. The molecule has 0 radical (unpaired) electrons. The van der Waals surface area contributed by atoms with E-state index in [0.717, 1.165) is 19.6 Å². The van der Waals surface area contributed by atoms with Gasteiger partial charge in [0, 0.05) is 38.8 Å². The lowest BCUT2D eigenvalue weighted by molar-refractivity contribution is 0.477. The summed E-state index contributed by atoms with van der Waals surface area (Å²) in [5.74, 6) is 1.22. The van der Waals surface area contributed by atoms with Gasteiger partial charge in [-0.3, -0.25) is 4.68 Å². The molecule has 0 bridgehead atoms. The first-order chi connectivity index (χ1) is 6.27. The molecule has 0 unspecified atom stereocenters. The Labute approximate surface area is 78.5 Å². The van der Waals surface area contributed by atoms with Gasteiger partial charge in [0.15, 0.2) is 0 Å². The van der Waals surface area contributed by atoms with Crippen molar-refractivity contribution in [3.8, 4) is 0 Å². The highest BCUT2D eigenvalue weighted by Crippen LogP contribution is 2.13. The average molecular weight is 180 g/mol. The number of hydrogen-bond acceptors (Lipinski definition) is 3. The third kappa shape index (κ3) is 1.67. The molecule has 0 amide bonds. The van der Waals surface area contributed by atoms with E-state index >= 15 is 0 Å². The zero-order chi connectivity index (χ0) is 9.26. The molecule has 1 atom stereocenters. The molecule has 0 aliphatic carbocycles. The minimum absolute atomic E-state index is 0.573. The summed E-state index contributed by atoms with van der Waals surface area (Å²) >= 11 is 0. The van der Waals surface area contributed by atoms with Crippen molar-refractivity contribution in [1.82, 2.24) is 15.1 Å². The summed E-state index contributed by atoms with van der Waals surface area (Å²) in [6.45, 7) is 5.41. The van der Waals surface area contributed by atoms with E-state index in [2.05, 4.69) is 28.3 Å². The van der Waals surface area contributed by atoms with Gasteiger partial charge in [0.05, 0.1) is 6.20 Å². The van der Waals surface area contributed by atoms with Crippen molar-refractivity contribution >= 4 is 5.82 Å². The highest BCUT2D eigenvalue weighted by atomic mass is 15.4. The number of anilines is 1. The first-order valence-corrected chi connectivity index (χ1v) is 4.73. The molecule has 4 nitrogen and oxygen atoms in total. The fourth-order valence-corrected chi connectivity index (χ4v) is 1.82. The Balaban J connectivity index is 2.12. The van der Waals surface area contributed by atoms with Gasteiger partial charge >= 0.3 is 0 Å². The summed E-state index contributed by atoms with van der Waals surface area (Å²) in [6.07, 6.45) is 1.85. The molecule has 1 aliphatic heterocycles. The standard InChI is InChI=1S/C9H16N4/c1-8-7-13(6-5-10-8)9-3-4-11-12(9)2/h3-4,8,10H,5-7H2,1-2H3/t8-/m0/s1. The molecule has 1 fully saturated rings. The summed E-state index contributed by atoms with van der Waals surface area (Å²) < 4.78 is 1.93.